The van der Waals surface area contributed by atoms with Crippen LogP contribution in [0.3, 0.4) is 0 Å². The van der Waals surface area contributed by atoms with Gasteiger partial charge in [0.1, 0.15) is 11.3 Å². The summed E-state index contributed by atoms with van der Waals surface area (Å²) < 4.78 is 5.46. The first kappa shape index (κ1) is 17.8. The Morgan fingerprint density at radius 3 is 2.70 bits per heavy atom. The maximum absolute atomic E-state index is 12.3. The summed E-state index contributed by atoms with van der Waals surface area (Å²) in [5.74, 6) is 1.40. The van der Waals surface area contributed by atoms with Crippen LogP contribution in [0.5, 0.6) is 5.75 Å². The molecule has 0 bridgehead atoms. The number of rotatable bonds is 6. The third-order valence-corrected chi connectivity index (χ3v) is 4.37. The van der Waals surface area contributed by atoms with Crippen LogP contribution >= 0.6 is 0 Å². The van der Waals surface area contributed by atoms with Crippen LogP contribution in [0.15, 0.2) is 24.3 Å². The average molecular weight is 319 g/mol. The fourth-order valence-electron chi connectivity index (χ4n) is 3.08. The normalized spacial score (nSPS) is 22.1. The number of carbonyl (C=O) groups excluding carboxylic acids is 1. The van der Waals surface area contributed by atoms with Gasteiger partial charge in [0, 0.05) is 0 Å². The fraction of sp³-hybridized carbons (Fsp3) is 0.579. The molecular weight excluding hydrogens is 292 g/mol. The quantitative estimate of drug-likeness (QED) is 0.558. The van der Waals surface area contributed by atoms with Gasteiger partial charge >= 0.3 is 5.97 Å². The Morgan fingerprint density at radius 1 is 1.26 bits per heavy atom. The molecule has 1 fully saturated rings. The summed E-state index contributed by atoms with van der Waals surface area (Å²) in [4.78, 5) is 22.9. The Bertz CT molecular complexity index is 512. The van der Waals surface area contributed by atoms with Gasteiger partial charge in [-0.15, -0.1) is 0 Å². The second-order valence-corrected chi connectivity index (χ2v) is 6.59. The summed E-state index contributed by atoms with van der Waals surface area (Å²) >= 11 is 0. The molecule has 1 aromatic rings. The molecule has 127 valence electrons. The van der Waals surface area contributed by atoms with Crippen LogP contribution in [0.25, 0.3) is 0 Å². The summed E-state index contributed by atoms with van der Waals surface area (Å²) in [6.07, 6.45) is 4.02. The summed E-state index contributed by atoms with van der Waals surface area (Å²) in [5.41, 5.74) is 0.389. The van der Waals surface area contributed by atoms with Crippen molar-refractivity contribution in [1.82, 2.24) is 0 Å². The Labute approximate surface area is 139 Å². The SMILES string of the molecule is CCOc1ccccc1C(=O)OO[C]1CC(C)CCC1C(C)C. The van der Waals surface area contributed by atoms with Crippen molar-refractivity contribution in [2.45, 2.75) is 47.0 Å². The minimum Gasteiger partial charge on any atom is -0.493 e. The van der Waals surface area contributed by atoms with E-state index in [9.17, 15) is 4.79 Å². The highest BCUT2D eigenvalue weighted by atomic mass is 17.2. The molecule has 0 saturated heterocycles. The van der Waals surface area contributed by atoms with E-state index in [4.69, 9.17) is 14.5 Å². The molecule has 1 saturated carbocycles. The molecule has 4 nitrogen and oxygen atoms in total. The molecule has 2 atom stereocenters. The highest BCUT2D eigenvalue weighted by Gasteiger charge is 2.34. The summed E-state index contributed by atoms with van der Waals surface area (Å²) in [6.45, 7) is 8.93. The van der Waals surface area contributed by atoms with E-state index in [1.807, 2.05) is 13.0 Å². The maximum Gasteiger partial charge on any atom is 0.376 e. The lowest BCUT2D eigenvalue weighted by Crippen LogP contribution is -2.28. The number of ether oxygens (including phenoxy) is 1. The van der Waals surface area contributed by atoms with Crippen LogP contribution in [0.1, 0.15) is 57.3 Å². The standard InChI is InChI=1S/C19H27O4/c1-5-21-17-9-7-6-8-16(17)19(20)23-22-18-12-14(4)10-11-15(18)13(2)3/h6-9,13-15H,5,10-12H2,1-4H3. The van der Waals surface area contributed by atoms with Crippen molar-refractivity contribution in [2.75, 3.05) is 6.61 Å². The zero-order valence-electron chi connectivity index (χ0n) is 14.5. The van der Waals surface area contributed by atoms with Gasteiger partial charge in [-0.25, -0.2) is 4.79 Å². The van der Waals surface area contributed by atoms with E-state index in [0.29, 0.717) is 35.7 Å². The van der Waals surface area contributed by atoms with E-state index in [0.717, 1.165) is 18.9 Å². The van der Waals surface area contributed by atoms with E-state index in [1.165, 1.54) is 6.42 Å². The molecule has 1 aliphatic carbocycles. The minimum absolute atomic E-state index is 0.348. The van der Waals surface area contributed by atoms with Gasteiger partial charge in [-0.3, -0.25) is 4.89 Å². The number of hydrogen-bond acceptors (Lipinski definition) is 4. The topological polar surface area (TPSA) is 44.8 Å². The highest BCUT2D eigenvalue weighted by Crippen LogP contribution is 2.40. The lowest BCUT2D eigenvalue weighted by Gasteiger charge is -2.34. The van der Waals surface area contributed by atoms with Crippen molar-refractivity contribution in [2.24, 2.45) is 17.8 Å². The van der Waals surface area contributed by atoms with Gasteiger partial charge in [0.2, 0.25) is 0 Å². The maximum atomic E-state index is 12.3. The number of carbonyl (C=O) groups is 1. The third kappa shape index (κ3) is 4.71. The average Bonchev–Trinajstić information content (AvgIpc) is 2.53. The van der Waals surface area contributed by atoms with Crippen LogP contribution in [0.4, 0.5) is 0 Å². The molecule has 0 heterocycles. The minimum atomic E-state index is -0.512. The lowest BCUT2D eigenvalue weighted by molar-refractivity contribution is -0.251. The lowest BCUT2D eigenvalue weighted by atomic mass is 9.75. The van der Waals surface area contributed by atoms with Crippen LogP contribution in [-0.2, 0) is 9.78 Å². The van der Waals surface area contributed by atoms with Gasteiger partial charge in [-0.1, -0.05) is 39.3 Å². The van der Waals surface area contributed by atoms with Crippen molar-refractivity contribution in [3.05, 3.63) is 35.9 Å². The molecule has 0 aliphatic heterocycles. The molecule has 0 aromatic heterocycles. The molecule has 1 aromatic carbocycles. The first-order chi connectivity index (χ1) is 11.0. The van der Waals surface area contributed by atoms with Gasteiger partial charge < -0.3 is 4.74 Å². The van der Waals surface area contributed by atoms with E-state index < -0.39 is 5.97 Å². The Kier molecular flexibility index (Phi) is 6.46. The summed E-state index contributed by atoms with van der Waals surface area (Å²) in [7, 11) is 0. The van der Waals surface area contributed by atoms with Gasteiger partial charge in [0.15, 0.2) is 6.10 Å². The second-order valence-electron chi connectivity index (χ2n) is 6.59. The van der Waals surface area contributed by atoms with Crippen molar-refractivity contribution in [1.29, 1.82) is 0 Å². The summed E-state index contributed by atoms with van der Waals surface area (Å²) in [6, 6.07) is 7.05. The van der Waals surface area contributed by atoms with Crippen molar-refractivity contribution >= 4 is 5.97 Å². The van der Waals surface area contributed by atoms with Crippen LogP contribution in [0.2, 0.25) is 0 Å². The Balaban J connectivity index is 2.00. The number of hydrogen-bond donors (Lipinski definition) is 0. The molecule has 1 radical (unpaired) electrons. The van der Waals surface area contributed by atoms with Crippen molar-refractivity contribution in [3.63, 3.8) is 0 Å². The fourth-order valence-corrected chi connectivity index (χ4v) is 3.08. The molecule has 1 aliphatic rings. The van der Waals surface area contributed by atoms with E-state index >= 15 is 0 Å². The second kappa shape index (κ2) is 8.34. The van der Waals surface area contributed by atoms with E-state index in [2.05, 4.69) is 20.8 Å². The Hall–Kier alpha value is -1.55. The molecule has 0 N–H and O–H groups in total. The molecule has 2 unspecified atom stereocenters. The smallest absolute Gasteiger partial charge is 0.376 e. The molecule has 0 spiro atoms. The molecule has 23 heavy (non-hydrogen) atoms. The van der Waals surface area contributed by atoms with E-state index in [1.54, 1.807) is 18.2 Å². The summed E-state index contributed by atoms with van der Waals surface area (Å²) in [5, 5.41) is 0. The predicted molar refractivity (Wildman–Crippen MR) is 88.7 cm³/mol. The zero-order chi connectivity index (χ0) is 16.8. The predicted octanol–water partition coefficient (Wildman–Crippen LogP) is 4.80. The molecule has 0 amide bonds. The van der Waals surface area contributed by atoms with Crippen LogP contribution in [-0.4, -0.2) is 12.6 Å². The Morgan fingerprint density at radius 2 is 2.00 bits per heavy atom. The monoisotopic (exact) mass is 319 g/mol. The van der Waals surface area contributed by atoms with Crippen LogP contribution in [0, 0.1) is 23.9 Å². The highest BCUT2D eigenvalue weighted by molar-refractivity contribution is 5.92. The van der Waals surface area contributed by atoms with E-state index in [-0.39, 0.29) is 0 Å². The number of benzene rings is 1. The molecule has 2 rings (SSSR count). The molecule has 4 heteroatoms. The van der Waals surface area contributed by atoms with Gasteiger partial charge in [-0.05, 0) is 49.7 Å². The first-order valence-corrected chi connectivity index (χ1v) is 8.49. The molecular formula is C19H27O4. The third-order valence-electron chi connectivity index (χ3n) is 4.37. The van der Waals surface area contributed by atoms with Crippen molar-refractivity contribution in [3.8, 4) is 5.75 Å². The zero-order valence-corrected chi connectivity index (χ0v) is 14.5. The van der Waals surface area contributed by atoms with Gasteiger partial charge in [0.05, 0.1) is 6.61 Å². The number of para-hydroxylation sites is 1. The first-order valence-electron chi connectivity index (χ1n) is 8.49. The van der Waals surface area contributed by atoms with Gasteiger partial charge in [-0.2, -0.15) is 4.89 Å². The van der Waals surface area contributed by atoms with Gasteiger partial charge in [0.25, 0.3) is 0 Å². The van der Waals surface area contributed by atoms with Crippen molar-refractivity contribution < 1.29 is 19.3 Å². The van der Waals surface area contributed by atoms with Crippen LogP contribution < -0.4 is 4.74 Å². The largest absolute Gasteiger partial charge is 0.493 e.